The zero-order valence-corrected chi connectivity index (χ0v) is 14.9. The smallest absolute Gasteiger partial charge is 0.165 e. The van der Waals surface area contributed by atoms with Gasteiger partial charge in [0.2, 0.25) is 0 Å². The Kier molecular flexibility index (Phi) is 5.86. The molecule has 0 aliphatic heterocycles. The zero-order chi connectivity index (χ0) is 16.1. The molecule has 0 aromatic heterocycles. The van der Waals surface area contributed by atoms with Crippen LogP contribution in [0.1, 0.15) is 63.9 Å². The van der Waals surface area contributed by atoms with E-state index in [2.05, 4.69) is 11.6 Å². The molecule has 0 radical (unpaired) electrons. The van der Waals surface area contributed by atoms with Crippen LogP contribution in [-0.4, -0.2) is 12.4 Å². The average molecular weight is 338 g/mol. The maximum Gasteiger partial charge on any atom is 0.165 e. The van der Waals surface area contributed by atoms with Crippen LogP contribution in [0.5, 0.6) is 5.75 Å². The average Bonchev–Trinajstić information content (AvgIpc) is 3.45. The highest BCUT2D eigenvalue weighted by molar-refractivity contribution is 7.97. The van der Waals surface area contributed by atoms with Gasteiger partial charge in [0.05, 0.1) is 12.1 Å². The van der Waals surface area contributed by atoms with Crippen LogP contribution in [0.25, 0.3) is 0 Å². The number of halogens is 1. The van der Waals surface area contributed by atoms with Gasteiger partial charge in [-0.25, -0.2) is 4.39 Å². The molecule has 1 aromatic carbocycles. The van der Waals surface area contributed by atoms with Gasteiger partial charge in [0.25, 0.3) is 0 Å². The molecule has 2 fully saturated rings. The molecule has 0 unspecified atom stereocenters. The highest BCUT2D eigenvalue weighted by Gasteiger charge is 2.44. The van der Waals surface area contributed by atoms with E-state index in [1.807, 2.05) is 24.1 Å². The number of rotatable bonds is 11. The Balaban J connectivity index is 1.51. The highest BCUT2D eigenvalue weighted by Crippen LogP contribution is 2.48. The first-order valence-electron chi connectivity index (χ1n) is 9.05. The number of hydrogen-bond donors (Lipinski definition) is 1. The molecule has 2 aliphatic carbocycles. The molecule has 2 aliphatic rings. The molecule has 0 amide bonds. The van der Waals surface area contributed by atoms with Crippen LogP contribution in [0.4, 0.5) is 4.39 Å². The van der Waals surface area contributed by atoms with Crippen molar-refractivity contribution in [2.45, 2.75) is 63.8 Å². The fourth-order valence-electron chi connectivity index (χ4n) is 2.77. The van der Waals surface area contributed by atoms with Gasteiger partial charge in [-0.15, -0.1) is 0 Å². The maximum atomic E-state index is 13.9. The highest BCUT2D eigenvalue weighted by atomic mass is 32.2. The van der Waals surface area contributed by atoms with Crippen LogP contribution >= 0.6 is 11.9 Å². The number of hydrogen-bond acceptors (Lipinski definition) is 3. The third-order valence-corrected chi connectivity index (χ3v) is 5.80. The maximum absolute atomic E-state index is 13.9. The second-order valence-electron chi connectivity index (χ2n) is 6.99. The fourth-order valence-corrected chi connectivity index (χ4v) is 3.82. The Bertz CT molecular complexity index is 514. The summed E-state index contributed by atoms with van der Waals surface area (Å²) in [5.74, 6) is 1.98. The Hall–Kier alpha value is -0.740. The monoisotopic (exact) mass is 337 g/mol. The van der Waals surface area contributed by atoms with Crippen LogP contribution in [-0.2, 0) is 5.54 Å². The van der Waals surface area contributed by atoms with Crippen molar-refractivity contribution in [3.05, 3.63) is 29.6 Å². The molecule has 3 rings (SSSR count). The number of nitrogens with one attached hydrogen (secondary N) is 1. The minimum absolute atomic E-state index is 0.0425. The molecular formula is C19H28FNOS. The van der Waals surface area contributed by atoms with Crippen LogP contribution in [0.2, 0.25) is 0 Å². The normalized spacial score (nSPS) is 18.9. The lowest BCUT2D eigenvalue weighted by atomic mass is 10.1. The van der Waals surface area contributed by atoms with Crippen LogP contribution in [0, 0.1) is 11.7 Å². The van der Waals surface area contributed by atoms with E-state index in [9.17, 15) is 4.39 Å². The summed E-state index contributed by atoms with van der Waals surface area (Å²) in [4.78, 5) is 0. The lowest BCUT2D eigenvalue weighted by Gasteiger charge is -2.18. The van der Waals surface area contributed by atoms with Crippen molar-refractivity contribution in [2.75, 3.05) is 12.4 Å². The molecule has 0 spiro atoms. The minimum Gasteiger partial charge on any atom is -0.490 e. The van der Waals surface area contributed by atoms with E-state index in [0.717, 1.165) is 18.6 Å². The van der Waals surface area contributed by atoms with E-state index in [0.29, 0.717) is 18.3 Å². The summed E-state index contributed by atoms with van der Waals surface area (Å²) in [7, 11) is 0. The van der Waals surface area contributed by atoms with Crippen molar-refractivity contribution in [3.8, 4) is 5.75 Å². The minimum atomic E-state index is -0.239. The predicted molar refractivity (Wildman–Crippen MR) is 95.3 cm³/mol. The van der Waals surface area contributed by atoms with Crippen molar-refractivity contribution in [3.63, 3.8) is 0 Å². The number of ether oxygens (including phenoxy) is 1. The molecular weight excluding hydrogens is 309 g/mol. The van der Waals surface area contributed by atoms with E-state index in [-0.39, 0.29) is 11.4 Å². The van der Waals surface area contributed by atoms with Crippen molar-refractivity contribution in [2.24, 2.45) is 5.92 Å². The summed E-state index contributed by atoms with van der Waals surface area (Å²) < 4.78 is 23.2. The van der Waals surface area contributed by atoms with Gasteiger partial charge < -0.3 is 4.74 Å². The Labute approximate surface area is 143 Å². The first kappa shape index (κ1) is 17.1. The largest absolute Gasteiger partial charge is 0.490 e. The third-order valence-electron chi connectivity index (χ3n) is 4.77. The molecule has 23 heavy (non-hydrogen) atoms. The second kappa shape index (κ2) is 7.89. The molecule has 4 heteroatoms. The SMILES string of the molecule is CCCCCCSNC1(c2ccc(F)c(OCC3CC3)c2)CC1. The molecule has 0 atom stereocenters. The Morgan fingerprint density at radius 1 is 1.26 bits per heavy atom. The first-order valence-corrected chi connectivity index (χ1v) is 10.0. The van der Waals surface area contributed by atoms with Crippen molar-refractivity contribution in [1.29, 1.82) is 0 Å². The molecule has 128 valence electrons. The molecule has 2 nitrogen and oxygen atoms in total. The predicted octanol–water partition coefficient (Wildman–Crippen LogP) is 5.42. The zero-order valence-electron chi connectivity index (χ0n) is 14.1. The fraction of sp³-hybridized carbons (Fsp3) is 0.684. The topological polar surface area (TPSA) is 21.3 Å². The number of unbranched alkanes of at least 4 members (excludes halogenated alkanes) is 3. The van der Waals surface area contributed by atoms with Gasteiger partial charge in [-0.05, 0) is 55.7 Å². The Morgan fingerprint density at radius 2 is 2.09 bits per heavy atom. The van der Waals surface area contributed by atoms with Gasteiger partial charge in [-0.1, -0.05) is 44.2 Å². The quantitative estimate of drug-likeness (QED) is 0.430. The second-order valence-corrected chi connectivity index (χ2v) is 7.89. The van der Waals surface area contributed by atoms with Crippen molar-refractivity contribution >= 4 is 11.9 Å². The molecule has 0 heterocycles. The molecule has 0 bridgehead atoms. The third kappa shape index (κ3) is 4.87. The van der Waals surface area contributed by atoms with Gasteiger partial charge in [0, 0.05) is 5.75 Å². The summed E-state index contributed by atoms with van der Waals surface area (Å²) in [6.45, 7) is 2.90. The van der Waals surface area contributed by atoms with Crippen LogP contribution in [0.3, 0.4) is 0 Å². The summed E-state index contributed by atoms with van der Waals surface area (Å²) >= 11 is 1.82. The van der Waals surface area contributed by atoms with Crippen LogP contribution in [0.15, 0.2) is 18.2 Å². The van der Waals surface area contributed by atoms with Gasteiger partial charge in [0.1, 0.15) is 0 Å². The van der Waals surface area contributed by atoms with E-state index in [1.165, 1.54) is 44.1 Å². The lowest BCUT2D eigenvalue weighted by molar-refractivity contribution is 0.284. The molecule has 1 aromatic rings. The molecule has 2 saturated carbocycles. The summed E-state index contributed by atoms with van der Waals surface area (Å²) in [5.41, 5.74) is 1.21. The van der Waals surface area contributed by atoms with Gasteiger partial charge in [-0.2, -0.15) is 0 Å². The van der Waals surface area contributed by atoms with Crippen molar-refractivity contribution in [1.82, 2.24) is 4.72 Å². The molecule has 0 saturated heterocycles. The van der Waals surface area contributed by atoms with Crippen LogP contribution < -0.4 is 9.46 Å². The lowest BCUT2D eigenvalue weighted by Crippen LogP contribution is -2.23. The first-order chi connectivity index (χ1) is 11.2. The van der Waals surface area contributed by atoms with E-state index < -0.39 is 0 Å². The van der Waals surface area contributed by atoms with Crippen molar-refractivity contribution < 1.29 is 9.13 Å². The van der Waals surface area contributed by atoms with E-state index >= 15 is 0 Å². The van der Waals surface area contributed by atoms with E-state index in [1.54, 1.807) is 6.07 Å². The number of benzene rings is 1. The summed E-state index contributed by atoms with van der Waals surface area (Å²) in [6, 6.07) is 5.39. The van der Waals surface area contributed by atoms with Gasteiger partial charge in [0.15, 0.2) is 11.6 Å². The standard InChI is InChI=1S/C19H28FNOS/c1-2-3-4-5-12-23-21-19(10-11-19)16-8-9-17(20)18(13-16)22-14-15-6-7-15/h8-9,13,15,21H,2-7,10-12,14H2,1H3. The molecule has 1 N–H and O–H groups in total. The van der Waals surface area contributed by atoms with E-state index in [4.69, 9.17) is 4.74 Å². The van der Waals surface area contributed by atoms with Gasteiger partial charge >= 0.3 is 0 Å². The van der Waals surface area contributed by atoms with Gasteiger partial charge in [-0.3, -0.25) is 4.72 Å². The summed E-state index contributed by atoms with van der Waals surface area (Å²) in [5, 5.41) is 0. The Morgan fingerprint density at radius 3 is 2.78 bits per heavy atom. The summed E-state index contributed by atoms with van der Waals surface area (Å²) in [6.07, 6.45) is 9.88.